The molecule has 3 heterocycles. The van der Waals surface area contributed by atoms with E-state index in [0.29, 0.717) is 23.8 Å². The number of likely N-dealkylation sites (tertiary alicyclic amines) is 1. The molecule has 1 aliphatic heterocycles. The van der Waals surface area contributed by atoms with E-state index in [1.165, 1.54) is 0 Å². The molecule has 0 saturated carbocycles. The topological polar surface area (TPSA) is 66.8 Å². The zero-order chi connectivity index (χ0) is 15.7. The van der Waals surface area contributed by atoms with Gasteiger partial charge in [-0.05, 0) is 19.8 Å². The van der Waals surface area contributed by atoms with Gasteiger partial charge in [0.2, 0.25) is 0 Å². The van der Waals surface area contributed by atoms with Gasteiger partial charge in [-0.25, -0.2) is 4.98 Å². The second-order valence-corrected chi connectivity index (χ2v) is 6.18. The molecule has 0 radical (unpaired) electrons. The standard InChI is InChI=1S/C15H20ClN5O/c1-3-5-21-9-12(16)13(19-21)15(22)20-6-4-11(8-20)14-17-7-10(2)18-14/h7,9,11H,3-6,8H2,1-2H3,(H,17,18). The zero-order valence-electron chi connectivity index (χ0n) is 12.8. The van der Waals surface area contributed by atoms with Gasteiger partial charge < -0.3 is 9.88 Å². The number of carbonyl (C=O) groups is 1. The first-order valence-electron chi connectivity index (χ1n) is 7.62. The summed E-state index contributed by atoms with van der Waals surface area (Å²) in [5, 5.41) is 4.74. The van der Waals surface area contributed by atoms with Crippen molar-refractivity contribution in [3.63, 3.8) is 0 Å². The van der Waals surface area contributed by atoms with Gasteiger partial charge in [-0.1, -0.05) is 18.5 Å². The molecule has 1 saturated heterocycles. The predicted octanol–water partition coefficient (Wildman–Crippen LogP) is 2.61. The Balaban J connectivity index is 1.71. The van der Waals surface area contributed by atoms with E-state index in [0.717, 1.165) is 30.9 Å². The number of amides is 1. The van der Waals surface area contributed by atoms with Crippen molar-refractivity contribution in [1.29, 1.82) is 0 Å². The van der Waals surface area contributed by atoms with E-state index in [1.807, 2.05) is 18.0 Å². The highest BCUT2D eigenvalue weighted by atomic mass is 35.5. The molecule has 1 fully saturated rings. The quantitative estimate of drug-likeness (QED) is 0.941. The Labute approximate surface area is 134 Å². The number of imidazole rings is 1. The number of carbonyl (C=O) groups excluding carboxylic acids is 1. The number of halogens is 1. The number of aromatic nitrogens is 4. The molecule has 2 aromatic rings. The first-order valence-corrected chi connectivity index (χ1v) is 8.00. The summed E-state index contributed by atoms with van der Waals surface area (Å²) in [6, 6.07) is 0. The summed E-state index contributed by atoms with van der Waals surface area (Å²) in [5.41, 5.74) is 1.40. The molecule has 1 unspecified atom stereocenters. The highest BCUT2D eigenvalue weighted by Gasteiger charge is 2.31. The van der Waals surface area contributed by atoms with Crippen LogP contribution in [0.1, 0.15) is 47.7 Å². The average molecular weight is 322 g/mol. The minimum Gasteiger partial charge on any atom is -0.346 e. The molecule has 6 nitrogen and oxygen atoms in total. The molecule has 3 rings (SSSR count). The van der Waals surface area contributed by atoms with Crippen LogP contribution < -0.4 is 0 Å². The molecule has 1 aliphatic rings. The van der Waals surface area contributed by atoms with Crippen LogP contribution in [0.15, 0.2) is 12.4 Å². The van der Waals surface area contributed by atoms with Gasteiger partial charge in [0.1, 0.15) is 5.82 Å². The van der Waals surface area contributed by atoms with Gasteiger partial charge in [-0.3, -0.25) is 9.48 Å². The zero-order valence-corrected chi connectivity index (χ0v) is 13.6. The third kappa shape index (κ3) is 2.88. The molecule has 7 heteroatoms. The van der Waals surface area contributed by atoms with Crippen molar-refractivity contribution in [2.24, 2.45) is 0 Å². The summed E-state index contributed by atoms with van der Waals surface area (Å²) in [6.45, 7) is 6.17. The number of H-pyrrole nitrogens is 1. The molecule has 0 aromatic carbocycles. The van der Waals surface area contributed by atoms with Gasteiger partial charge in [-0.15, -0.1) is 0 Å². The summed E-state index contributed by atoms with van der Waals surface area (Å²) >= 11 is 6.16. The third-order valence-corrected chi connectivity index (χ3v) is 4.23. The third-order valence-electron chi connectivity index (χ3n) is 3.96. The predicted molar refractivity (Wildman–Crippen MR) is 84.1 cm³/mol. The van der Waals surface area contributed by atoms with Crippen LogP contribution in [-0.2, 0) is 6.54 Å². The molecule has 1 amide bonds. The number of rotatable bonds is 4. The average Bonchev–Trinajstić information content (AvgIpc) is 3.18. The maximum Gasteiger partial charge on any atom is 0.275 e. The first-order chi connectivity index (χ1) is 10.6. The number of aromatic amines is 1. The largest absolute Gasteiger partial charge is 0.346 e. The smallest absolute Gasteiger partial charge is 0.275 e. The molecule has 2 aromatic heterocycles. The summed E-state index contributed by atoms with van der Waals surface area (Å²) in [4.78, 5) is 22.0. The van der Waals surface area contributed by atoms with E-state index >= 15 is 0 Å². The Morgan fingerprint density at radius 2 is 2.36 bits per heavy atom. The molecule has 0 spiro atoms. The van der Waals surface area contributed by atoms with Crippen molar-refractivity contribution in [2.45, 2.75) is 39.2 Å². The van der Waals surface area contributed by atoms with E-state index in [2.05, 4.69) is 22.0 Å². The van der Waals surface area contributed by atoms with Gasteiger partial charge >= 0.3 is 0 Å². The fraction of sp³-hybridized carbons (Fsp3) is 0.533. The van der Waals surface area contributed by atoms with Gasteiger partial charge in [-0.2, -0.15) is 5.10 Å². The molecule has 22 heavy (non-hydrogen) atoms. The Kier molecular flexibility index (Phi) is 4.20. The van der Waals surface area contributed by atoms with Gasteiger partial charge in [0.25, 0.3) is 5.91 Å². The van der Waals surface area contributed by atoms with Crippen molar-refractivity contribution in [2.75, 3.05) is 13.1 Å². The molecule has 1 N–H and O–H groups in total. The van der Waals surface area contributed by atoms with Crippen molar-refractivity contribution in [3.8, 4) is 0 Å². The van der Waals surface area contributed by atoms with Gasteiger partial charge in [0, 0.05) is 43.6 Å². The van der Waals surface area contributed by atoms with Crippen LogP contribution in [0.2, 0.25) is 5.02 Å². The van der Waals surface area contributed by atoms with Crippen LogP contribution in [0.25, 0.3) is 0 Å². The number of aryl methyl sites for hydroxylation is 2. The van der Waals surface area contributed by atoms with Gasteiger partial charge in [0.15, 0.2) is 5.69 Å². The Morgan fingerprint density at radius 3 is 3.05 bits per heavy atom. The van der Waals surface area contributed by atoms with Crippen LogP contribution >= 0.6 is 11.6 Å². The second-order valence-electron chi connectivity index (χ2n) is 5.78. The first kappa shape index (κ1) is 15.1. The second kappa shape index (κ2) is 6.12. The lowest BCUT2D eigenvalue weighted by Crippen LogP contribution is -2.29. The summed E-state index contributed by atoms with van der Waals surface area (Å²) in [6.07, 6.45) is 5.41. The number of nitrogens with zero attached hydrogens (tertiary/aromatic N) is 4. The number of hydrogen-bond donors (Lipinski definition) is 1. The van der Waals surface area contributed by atoms with Crippen LogP contribution in [0.3, 0.4) is 0 Å². The lowest BCUT2D eigenvalue weighted by Gasteiger charge is -2.14. The Morgan fingerprint density at radius 1 is 1.55 bits per heavy atom. The summed E-state index contributed by atoms with van der Waals surface area (Å²) in [5.74, 6) is 1.12. The highest BCUT2D eigenvalue weighted by molar-refractivity contribution is 6.33. The number of nitrogens with one attached hydrogen (secondary N) is 1. The maximum absolute atomic E-state index is 12.6. The van der Waals surface area contributed by atoms with Crippen molar-refractivity contribution in [3.05, 3.63) is 34.6 Å². The minimum atomic E-state index is -0.0920. The summed E-state index contributed by atoms with van der Waals surface area (Å²) < 4.78 is 1.74. The van der Waals surface area contributed by atoms with Crippen molar-refractivity contribution in [1.82, 2.24) is 24.6 Å². The SMILES string of the molecule is CCCn1cc(Cl)c(C(=O)N2CCC(c3ncc(C)[nH]3)C2)n1. The molecule has 0 aliphatic carbocycles. The van der Waals surface area contributed by atoms with Crippen molar-refractivity contribution < 1.29 is 4.79 Å². The van der Waals surface area contributed by atoms with E-state index in [4.69, 9.17) is 11.6 Å². The molecule has 1 atom stereocenters. The monoisotopic (exact) mass is 321 g/mol. The molecular formula is C15H20ClN5O. The molecule has 0 bridgehead atoms. The van der Waals surface area contributed by atoms with E-state index in [-0.39, 0.29) is 11.8 Å². The van der Waals surface area contributed by atoms with Crippen molar-refractivity contribution >= 4 is 17.5 Å². The van der Waals surface area contributed by atoms with Crippen LogP contribution in [-0.4, -0.2) is 43.6 Å². The Hall–Kier alpha value is -1.82. The van der Waals surface area contributed by atoms with E-state index in [1.54, 1.807) is 10.9 Å². The van der Waals surface area contributed by atoms with Crippen LogP contribution in [0.4, 0.5) is 0 Å². The maximum atomic E-state index is 12.6. The number of hydrogen-bond acceptors (Lipinski definition) is 3. The van der Waals surface area contributed by atoms with E-state index < -0.39 is 0 Å². The van der Waals surface area contributed by atoms with E-state index in [9.17, 15) is 4.79 Å². The Bertz CT molecular complexity index is 677. The highest BCUT2D eigenvalue weighted by Crippen LogP contribution is 2.27. The lowest BCUT2D eigenvalue weighted by molar-refractivity contribution is 0.0784. The van der Waals surface area contributed by atoms with Gasteiger partial charge in [0.05, 0.1) is 5.02 Å². The molecule has 118 valence electrons. The fourth-order valence-corrected chi connectivity index (χ4v) is 3.08. The van der Waals surface area contributed by atoms with Crippen LogP contribution in [0, 0.1) is 6.92 Å². The minimum absolute atomic E-state index is 0.0920. The normalized spacial score (nSPS) is 18.1. The van der Waals surface area contributed by atoms with Crippen LogP contribution in [0.5, 0.6) is 0 Å². The molecular weight excluding hydrogens is 302 g/mol. The fourth-order valence-electron chi connectivity index (χ4n) is 2.84. The lowest BCUT2D eigenvalue weighted by atomic mass is 10.1. The summed E-state index contributed by atoms with van der Waals surface area (Å²) in [7, 11) is 0.